The number of nitrogens with two attached hydrogens (primary N) is 1. The molecule has 0 saturated carbocycles. The molecule has 30 heavy (non-hydrogen) atoms. The molecule has 0 rings (SSSR count). The number of rotatable bonds is 16. The molecule has 9 atom stereocenters. The average Bonchev–Trinajstić information content (AvgIpc) is 2.73. The van der Waals surface area contributed by atoms with E-state index in [1.807, 2.05) is 0 Å². The second kappa shape index (κ2) is 14.1. The molecule has 0 saturated heterocycles. The maximum absolute atomic E-state index is 10.9. The summed E-state index contributed by atoms with van der Waals surface area (Å²) in [7, 11) is 0. The summed E-state index contributed by atoms with van der Waals surface area (Å²) < 4.78 is 0. The smallest absolute Gasteiger partial charge is 0.320 e. The van der Waals surface area contributed by atoms with Gasteiger partial charge in [0.25, 0.3) is 0 Å². The Balaban J connectivity index is 5.19. The predicted molar refractivity (Wildman–Crippen MR) is 98.9 cm³/mol. The zero-order chi connectivity index (χ0) is 23.6. The summed E-state index contributed by atoms with van der Waals surface area (Å²) >= 11 is 0. The van der Waals surface area contributed by atoms with Gasteiger partial charge in [0.05, 0.1) is 25.4 Å². The second-order valence-corrected chi connectivity index (χ2v) is 7.09. The van der Waals surface area contributed by atoms with Crippen molar-refractivity contribution in [3.05, 3.63) is 0 Å². The maximum atomic E-state index is 10.9. The van der Waals surface area contributed by atoms with E-state index in [2.05, 4.69) is 0 Å². The maximum Gasteiger partial charge on any atom is 0.320 e. The van der Waals surface area contributed by atoms with Gasteiger partial charge in [0.15, 0.2) is 0 Å². The van der Waals surface area contributed by atoms with Crippen molar-refractivity contribution in [2.45, 2.75) is 61.3 Å². The molecule has 0 heterocycles. The number of carboxylic acid groups (broad SMARTS) is 1. The Morgan fingerprint density at radius 1 is 0.700 bits per heavy atom. The Morgan fingerprint density at radius 3 is 1.33 bits per heavy atom. The van der Waals surface area contributed by atoms with Crippen molar-refractivity contribution in [3.63, 3.8) is 0 Å². The van der Waals surface area contributed by atoms with Gasteiger partial charge < -0.3 is 61.9 Å². The predicted octanol–water partition coefficient (Wildman–Crippen LogP) is -7.04. The van der Waals surface area contributed by atoms with Crippen LogP contribution in [0.4, 0.5) is 0 Å². The summed E-state index contributed by atoms with van der Waals surface area (Å²) in [6.45, 7) is -2.94. The van der Waals surface area contributed by atoms with Crippen molar-refractivity contribution >= 4 is 5.97 Å². The first-order valence-corrected chi connectivity index (χ1v) is 9.24. The summed E-state index contributed by atoms with van der Waals surface area (Å²) in [6.07, 6.45) is -14.8. The molecule has 0 bridgehead atoms. The van der Waals surface area contributed by atoms with Gasteiger partial charge in [-0.2, -0.15) is 0 Å². The first-order chi connectivity index (χ1) is 13.9. The highest BCUT2D eigenvalue weighted by molar-refractivity contribution is 5.72. The van der Waals surface area contributed by atoms with Gasteiger partial charge in [0.2, 0.25) is 0 Å². The Hall–Kier alpha value is -1.01. The zero-order valence-corrected chi connectivity index (χ0v) is 16.3. The largest absolute Gasteiger partial charge is 0.480 e. The lowest BCUT2D eigenvalue weighted by Crippen LogP contribution is -2.53. The summed E-state index contributed by atoms with van der Waals surface area (Å²) in [5.74, 6) is -1.32. The van der Waals surface area contributed by atoms with Crippen LogP contribution in [0.15, 0.2) is 0 Å². The van der Waals surface area contributed by atoms with E-state index >= 15 is 0 Å². The van der Waals surface area contributed by atoms with Gasteiger partial charge in [0.1, 0.15) is 42.7 Å². The molecule has 0 aliphatic rings. The van der Waals surface area contributed by atoms with E-state index in [9.17, 15) is 45.6 Å². The average molecular weight is 446 g/mol. The van der Waals surface area contributed by atoms with Crippen molar-refractivity contribution in [2.24, 2.45) is 5.73 Å². The van der Waals surface area contributed by atoms with Gasteiger partial charge in [0, 0.05) is 19.6 Å². The van der Waals surface area contributed by atoms with E-state index in [4.69, 9.17) is 21.1 Å². The van der Waals surface area contributed by atoms with E-state index in [0.717, 1.165) is 0 Å². The molecule has 14 heteroatoms. The zero-order valence-electron chi connectivity index (χ0n) is 16.3. The number of carbonyl (C=O) groups is 1. The number of hydrogen-bond acceptors (Lipinski definition) is 13. The highest BCUT2D eigenvalue weighted by atomic mass is 16.4. The van der Waals surface area contributed by atoms with Gasteiger partial charge >= 0.3 is 5.97 Å². The summed E-state index contributed by atoms with van der Waals surface area (Å²) in [6, 6.07) is -1.31. The molecule has 180 valence electrons. The van der Waals surface area contributed by atoms with E-state index < -0.39 is 87.1 Å². The number of aliphatic hydroxyl groups excluding tert-OH is 10. The number of hydrogen-bond donors (Lipinski definition) is 12. The Bertz CT molecular complexity index is 457. The van der Waals surface area contributed by atoms with Crippen LogP contribution < -0.4 is 5.73 Å². The van der Waals surface area contributed by atoms with E-state index in [-0.39, 0.29) is 13.0 Å². The van der Waals surface area contributed by atoms with Crippen LogP contribution >= 0.6 is 0 Å². The third kappa shape index (κ3) is 9.42. The fourth-order valence-corrected chi connectivity index (χ4v) is 2.57. The van der Waals surface area contributed by atoms with Gasteiger partial charge in [-0.1, -0.05) is 0 Å². The van der Waals surface area contributed by atoms with Gasteiger partial charge in [-0.05, 0) is 6.42 Å². The van der Waals surface area contributed by atoms with Crippen molar-refractivity contribution < 1.29 is 61.0 Å². The van der Waals surface area contributed by atoms with Crippen LogP contribution in [0.3, 0.4) is 0 Å². The molecule has 0 fully saturated rings. The van der Waals surface area contributed by atoms with Crippen molar-refractivity contribution in [1.29, 1.82) is 0 Å². The Morgan fingerprint density at radius 2 is 1.03 bits per heavy atom. The molecule has 14 nitrogen and oxygen atoms in total. The minimum atomic E-state index is -1.92. The van der Waals surface area contributed by atoms with Gasteiger partial charge in [-0.15, -0.1) is 0 Å². The van der Waals surface area contributed by atoms with Gasteiger partial charge in [-0.25, -0.2) is 0 Å². The molecule has 0 aliphatic heterocycles. The monoisotopic (exact) mass is 446 g/mol. The van der Waals surface area contributed by atoms with Crippen LogP contribution in [-0.2, 0) is 4.79 Å². The van der Waals surface area contributed by atoms with E-state index in [0.29, 0.717) is 0 Å². The molecular weight excluding hydrogens is 412 g/mol. The minimum absolute atomic E-state index is 0.168. The summed E-state index contributed by atoms with van der Waals surface area (Å²) in [5, 5.41) is 105. The molecule has 0 amide bonds. The molecule has 0 radical (unpaired) electrons. The molecule has 0 aromatic carbocycles. The van der Waals surface area contributed by atoms with Crippen LogP contribution in [0.25, 0.3) is 0 Å². The second-order valence-electron chi connectivity index (χ2n) is 7.09. The molecule has 0 aliphatic carbocycles. The quantitative estimate of drug-likeness (QED) is 0.105. The van der Waals surface area contributed by atoms with Crippen LogP contribution in [0, 0.1) is 0 Å². The summed E-state index contributed by atoms with van der Waals surface area (Å²) in [4.78, 5) is 12.0. The van der Waals surface area contributed by atoms with Crippen LogP contribution in [0.5, 0.6) is 0 Å². The number of aliphatic carboxylic acids is 1. The number of carboxylic acids is 1. The van der Waals surface area contributed by atoms with Crippen LogP contribution in [0.1, 0.15) is 6.42 Å². The highest BCUT2D eigenvalue weighted by Crippen LogP contribution is 2.11. The van der Waals surface area contributed by atoms with Crippen LogP contribution in [-0.4, -0.2) is 155 Å². The minimum Gasteiger partial charge on any atom is -0.480 e. The normalized spacial score (nSPS) is 21.3. The topological polar surface area (TPSA) is 269 Å². The molecule has 0 spiro atoms. The Kier molecular flexibility index (Phi) is 13.7. The SMILES string of the molecule is NC(CCN(CC(O)C(O)C(O)C(O)CO)CC(O)C(O)C(O)C(O)CO)C(=O)O. The lowest BCUT2D eigenvalue weighted by atomic mass is 10.0. The van der Waals surface area contributed by atoms with Gasteiger partial charge in [-0.3, -0.25) is 9.69 Å². The Labute approximate surface area is 172 Å². The molecule has 13 N–H and O–H groups in total. The van der Waals surface area contributed by atoms with E-state index in [1.54, 1.807) is 0 Å². The number of aliphatic hydroxyl groups is 10. The lowest BCUT2D eigenvalue weighted by molar-refractivity contribution is -0.139. The highest BCUT2D eigenvalue weighted by Gasteiger charge is 2.34. The van der Waals surface area contributed by atoms with Crippen molar-refractivity contribution in [1.82, 2.24) is 4.90 Å². The first kappa shape index (κ1) is 29.0. The van der Waals surface area contributed by atoms with Crippen LogP contribution in [0.2, 0.25) is 0 Å². The molecule has 0 aromatic rings. The van der Waals surface area contributed by atoms with E-state index in [1.165, 1.54) is 4.90 Å². The third-order valence-electron chi connectivity index (χ3n) is 4.61. The van der Waals surface area contributed by atoms with Crippen molar-refractivity contribution in [3.8, 4) is 0 Å². The standard InChI is InChI=1S/C16H34N2O12/c17-7(16(29)30)1-2-18(3-8(21)12(25)14(27)10(23)5-19)4-9(22)13(26)15(28)11(24)6-20/h7-15,19-28H,1-6,17H2,(H,29,30). The third-order valence-corrected chi connectivity index (χ3v) is 4.61. The molecular formula is C16H34N2O12. The fraction of sp³-hybridized carbons (Fsp3) is 0.938. The molecule has 0 aromatic heterocycles. The fourth-order valence-electron chi connectivity index (χ4n) is 2.57. The molecule has 9 unspecified atom stereocenters. The lowest BCUT2D eigenvalue weighted by Gasteiger charge is -2.33. The first-order valence-electron chi connectivity index (χ1n) is 9.24. The number of nitrogens with zero attached hydrogens (tertiary/aromatic N) is 1. The summed E-state index contributed by atoms with van der Waals surface area (Å²) in [5.41, 5.74) is 5.41. The van der Waals surface area contributed by atoms with Crippen molar-refractivity contribution in [2.75, 3.05) is 32.8 Å².